The molecule has 3 N–H and O–H groups in total. The molecule has 0 amide bonds. The Kier molecular flexibility index (Phi) is 3.22. The van der Waals surface area contributed by atoms with E-state index in [0.29, 0.717) is 0 Å². The fraction of sp³-hybridized carbons (Fsp3) is 0.400. The van der Waals surface area contributed by atoms with E-state index in [4.69, 9.17) is 10.6 Å². The number of hydrazine groups is 1. The molecule has 0 bridgehead atoms. The van der Waals surface area contributed by atoms with Crippen LogP contribution in [0.5, 0.6) is 0 Å². The summed E-state index contributed by atoms with van der Waals surface area (Å²) >= 11 is 0. The predicted molar refractivity (Wildman–Crippen MR) is 75.4 cm³/mol. The lowest BCUT2D eigenvalue weighted by atomic mass is 9.72. The van der Waals surface area contributed by atoms with Gasteiger partial charge in [0.15, 0.2) is 0 Å². The summed E-state index contributed by atoms with van der Waals surface area (Å²) in [6.45, 7) is 0. The Hall–Kier alpha value is -1.49. The van der Waals surface area contributed by atoms with Crippen LogP contribution in [0.4, 0.5) is 0 Å². The molecule has 1 atom stereocenters. The number of nitrogens with one attached hydrogen (secondary N) is 1. The van der Waals surface area contributed by atoms with Gasteiger partial charge in [0.05, 0.1) is 17.2 Å². The molecule has 19 heavy (non-hydrogen) atoms. The van der Waals surface area contributed by atoms with E-state index < -0.39 is 0 Å². The van der Waals surface area contributed by atoms with Crippen LogP contribution >= 0.6 is 0 Å². The zero-order valence-electron chi connectivity index (χ0n) is 11.1. The number of fused-ring (bicyclic) bond motifs is 1. The molecule has 1 fully saturated rings. The topological polar surface area (TPSA) is 60.2 Å². The quantitative estimate of drug-likeness (QED) is 0.652. The molecule has 4 heteroatoms. The number of rotatable bonds is 4. The zero-order valence-corrected chi connectivity index (χ0v) is 11.1. The second-order valence-electron chi connectivity index (χ2n) is 5.14. The van der Waals surface area contributed by atoms with Crippen molar-refractivity contribution in [1.82, 2.24) is 10.4 Å². The lowest BCUT2D eigenvalue weighted by Crippen LogP contribution is -2.52. The number of benzene rings is 1. The van der Waals surface area contributed by atoms with Crippen molar-refractivity contribution in [2.24, 2.45) is 5.84 Å². The van der Waals surface area contributed by atoms with Gasteiger partial charge in [-0.15, -0.1) is 0 Å². The molecule has 0 radical (unpaired) electrons. The maximum atomic E-state index is 5.82. The smallest absolute Gasteiger partial charge is 0.0885 e. The fourth-order valence-electron chi connectivity index (χ4n) is 3.04. The molecule has 0 aliphatic heterocycles. The molecule has 1 aliphatic rings. The number of ether oxygens (including phenoxy) is 1. The average Bonchev–Trinajstić information content (AvgIpc) is 2.42. The van der Waals surface area contributed by atoms with Crippen LogP contribution in [0.15, 0.2) is 36.5 Å². The Morgan fingerprint density at radius 2 is 2.16 bits per heavy atom. The van der Waals surface area contributed by atoms with Crippen LogP contribution in [0.25, 0.3) is 10.9 Å². The number of pyridine rings is 1. The van der Waals surface area contributed by atoms with E-state index in [1.165, 1.54) is 6.42 Å². The highest BCUT2D eigenvalue weighted by Gasteiger charge is 2.45. The van der Waals surface area contributed by atoms with Gasteiger partial charge in [-0.1, -0.05) is 18.2 Å². The van der Waals surface area contributed by atoms with Crippen molar-refractivity contribution in [3.05, 3.63) is 42.1 Å². The summed E-state index contributed by atoms with van der Waals surface area (Å²) in [5, 5.41) is 1.14. The van der Waals surface area contributed by atoms with Crippen LogP contribution in [-0.2, 0) is 4.74 Å². The van der Waals surface area contributed by atoms with Crippen LogP contribution in [0, 0.1) is 0 Å². The molecule has 4 nitrogen and oxygen atoms in total. The summed E-state index contributed by atoms with van der Waals surface area (Å²) < 4.78 is 5.77. The largest absolute Gasteiger partial charge is 0.376 e. The maximum absolute atomic E-state index is 5.82. The lowest BCUT2D eigenvalue weighted by Gasteiger charge is -2.46. The van der Waals surface area contributed by atoms with Gasteiger partial charge in [0.2, 0.25) is 0 Å². The standard InChI is InChI=1S/C15H19N3O/c1-19-15(8-4-9-15)14(18-16)12-5-2-7-13-11(12)6-3-10-17-13/h2-3,5-7,10,14,18H,4,8-9,16H2,1H3. The number of nitrogens with zero attached hydrogens (tertiary/aromatic N) is 1. The van der Waals surface area contributed by atoms with Crippen molar-refractivity contribution < 1.29 is 4.74 Å². The Balaban J connectivity index is 2.11. The molecule has 2 aromatic rings. The average molecular weight is 257 g/mol. The molecule has 1 saturated carbocycles. The minimum Gasteiger partial charge on any atom is -0.376 e. The number of aromatic nitrogens is 1. The van der Waals surface area contributed by atoms with E-state index in [2.05, 4.69) is 22.5 Å². The third-order valence-electron chi connectivity index (χ3n) is 4.29. The van der Waals surface area contributed by atoms with Crippen LogP contribution in [0.3, 0.4) is 0 Å². The van der Waals surface area contributed by atoms with E-state index in [1.807, 2.05) is 24.4 Å². The summed E-state index contributed by atoms with van der Waals surface area (Å²) in [7, 11) is 1.77. The van der Waals surface area contributed by atoms with E-state index in [1.54, 1.807) is 7.11 Å². The zero-order chi connectivity index (χ0) is 13.3. The number of hydrogen-bond acceptors (Lipinski definition) is 4. The minimum absolute atomic E-state index is 0.000787. The third-order valence-corrected chi connectivity index (χ3v) is 4.29. The van der Waals surface area contributed by atoms with Gasteiger partial charge < -0.3 is 4.74 Å². The highest BCUT2D eigenvalue weighted by Crippen LogP contribution is 2.45. The summed E-state index contributed by atoms with van der Waals surface area (Å²) in [5.41, 5.74) is 4.92. The highest BCUT2D eigenvalue weighted by atomic mass is 16.5. The molecule has 1 heterocycles. The van der Waals surface area contributed by atoms with Crippen molar-refractivity contribution in [3.63, 3.8) is 0 Å². The molecule has 1 aliphatic carbocycles. The van der Waals surface area contributed by atoms with Crippen LogP contribution in [0.1, 0.15) is 30.9 Å². The van der Waals surface area contributed by atoms with Gasteiger partial charge in [-0.25, -0.2) is 0 Å². The lowest BCUT2D eigenvalue weighted by molar-refractivity contribution is -0.0995. The minimum atomic E-state index is -0.182. The molecule has 0 spiro atoms. The Bertz CT molecular complexity index is 570. The first kappa shape index (κ1) is 12.5. The van der Waals surface area contributed by atoms with E-state index in [9.17, 15) is 0 Å². The van der Waals surface area contributed by atoms with Crippen LogP contribution in [0.2, 0.25) is 0 Å². The van der Waals surface area contributed by atoms with Gasteiger partial charge in [0.25, 0.3) is 0 Å². The molecular weight excluding hydrogens is 238 g/mol. The molecular formula is C15H19N3O. The summed E-state index contributed by atoms with van der Waals surface area (Å²) in [6, 6.07) is 10.2. The van der Waals surface area contributed by atoms with Crippen LogP contribution in [-0.4, -0.2) is 17.7 Å². The molecule has 100 valence electrons. The summed E-state index contributed by atoms with van der Waals surface area (Å²) in [4.78, 5) is 4.40. The van der Waals surface area contributed by atoms with Crippen LogP contribution < -0.4 is 11.3 Å². The van der Waals surface area contributed by atoms with Crippen molar-refractivity contribution in [1.29, 1.82) is 0 Å². The second-order valence-corrected chi connectivity index (χ2v) is 5.14. The first-order valence-electron chi connectivity index (χ1n) is 6.66. The Morgan fingerprint density at radius 1 is 1.32 bits per heavy atom. The van der Waals surface area contributed by atoms with E-state index in [-0.39, 0.29) is 11.6 Å². The first-order chi connectivity index (χ1) is 9.30. The van der Waals surface area contributed by atoms with Gasteiger partial charge >= 0.3 is 0 Å². The Morgan fingerprint density at radius 3 is 2.79 bits per heavy atom. The summed E-state index contributed by atoms with van der Waals surface area (Å²) in [6.07, 6.45) is 5.07. The van der Waals surface area contributed by atoms with Gasteiger partial charge in [0, 0.05) is 18.7 Å². The maximum Gasteiger partial charge on any atom is 0.0885 e. The molecule has 0 saturated heterocycles. The van der Waals surface area contributed by atoms with Crippen molar-refractivity contribution in [2.75, 3.05) is 7.11 Å². The van der Waals surface area contributed by atoms with Crippen molar-refractivity contribution in [2.45, 2.75) is 30.9 Å². The number of hydrogen-bond donors (Lipinski definition) is 2. The van der Waals surface area contributed by atoms with Gasteiger partial charge in [-0.05, 0) is 37.0 Å². The number of methoxy groups -OCH3 is 1. The van der Waals surface area contributed by atoms with Gasteiger partial charge in [-0.2, -0.15) is 0 Å². The third kappa shape index (κ3) is 1.92. The highest BCUT2D eigenvalue weighted by molar-refractivity contribution is 5.82. The molecule has 1 aromatic carbocycles. The van der Waals surface area contributed by atoms with Crippen molar-refractivity contribution >= 4 is 10.9 Å². The molecule has 3 rings (SSSR count). The predicted octanol–water partition coefficient (Wildman–Crippen LogP) is 2.31. The van der Waals surface area contributed by atoms with Gasteiger partial charge in [-0.3, -0.25) is 16.3 Å². The van der Waals surface area contributed by atoms with E-state index >= 15 is 0 Å². The molecule has 1 aromatic heterocycles. The van der Waals surface area contributed by atoms with Crippen molar-refractivity contribution in [3.8, 4) is 0 Å². The van der Waals surface area contributed by atoms with E-state index in [0.717, 1.165) is 29.3 Å². The fourth-order valence-corrected chi connectivity index (χ4v) is 3.04. The number of nitrogens with two attached hydrogens (primary N) is 1. The second kappa shape index (κ2) is 4.89. The monoisotopic (exact) mass is 257 g/mol. The normalized spacial score (nSPS) is 19.1. The first-order valence-corrected chi connectivity index (χ1v) is 6.66. The summed E-state index contributed by atoms with van der Waals surface area (Å²) in [5.74, 6) is 5.82. The SMILES string of the molecule is COC1(C(NN)c2cccc3ncccc23)CCC1. The Labute approximate surface area is 112 Å². The molecule has 1 unspecified atom stereocenters. The van der Waals surface area contributed by atoms with Gasteiger partial charge in [0.1, 0.15) is 0 Å².